The standard InChI is InChI=1S/C13H18O5/c1-8(4-7-11(15)17-2)9-5-6-10(14)12(9)13(16)18-3/h4,7-9,12H,5-6H2,1-3H3/b7-4+/t8-,9-,12-/m0/s1. The molecule has 0 aliphatic heterocycles. The first-order chi connectivity index (χ1) is 8.51. The number of hydrogen-bond acceptors (Lipinski definition) is 5. The molecule has 0 saturated heterocycles. The summed E-state index contributed by atoms with van der Waals surface area (Å²) in [5, 5.41) is 0. The van der Waals surface area contributed by atoms with Crippen molar-refractivity contribution in [1.29, 1.82) is 0 Å². The van der Waals surface area contributed by atoms with Crippen LogP contribution < -0.4 is 0 Å². The highest BCUT2D eigenvalue weighted by molar-refractivity contribution is 6.00. The Morgan fingerprint density at radius 1 is 1.33 bits per heavy atom. The van der Waals surface area contributed by atoms with Gasteiger partial charge in [0.2, 0.25) is 0 Å². The molecule has 1 saturated carbocycles. The second-order valence-corrected chi connectivity index (χ2v) is 4.41. The summed E-state index contributed by atoms with van der Waals surface area (Å²) in [5.41, 5.74) is 0. The molecule has 1 aliphatic rings. The lowest BCUT2D eigenvalue weighted by molar-refractivity contribution is -0.150. The van der Waals surface area contributed by atoms with Crippen molar-refractivity contribution in [2.75, 3.05) is 14.2 Å². The molecule has 0 spiro atoms. The maximum atomic E-state index is 11.7. The van der Waals surface area contributed by atoms with E-state index in [-0.39, 0.29) is 17.6 Å². The molecule has 100 valence electrons. The summed E-state index contributed by atoms with van der Waals surface area (Å²) in [5.74, 6) is -1.87. The molecular weight excluding hydrogens is 236 g/mol. The lowest BCUT2D eigenvalue weighted by atomic mass is 9.84. The van der Waals surface area contributed by atoms with Crippen LogP contribution in [0.2, 0.25) is 0 Å². The lowest BCUT2D eigenvalue weighted by Crippen LogP contribution is -2.29. The second kappa shape index (κ2) is 6.33. The summed E-state index contributed by atoms with van der Waals surface area (Å²) < 4.78 is 9.15. The molecule has 5 heteroatoms. The van der Waals surface area contributed by atoms with Gasteiger partial charge in [0.1, 0.15) is 11.7 Å². The van der Waals surface area contributed by atoms with Crippen LogP contribution in [-0.4, -0.2) is 31.9 Å². The molecule has 0 aromatic heterocycles. The maximum absolute atomic E-state index is 11.7. The van der Waals surface area contributed by atoms with Crippen LogP contribution in [0.1, 0.15) is 19.8 Å². The van der Waals surface area contributed by atoms with Gasteiger partial charge in [0, 0.05) is 12.5 Å². The van der Waals surface area contributed by atoms with Crippen LogP contribution in [0.4, 0.5) is 0 Å². The largest absolute Gasteiger partial charge is 0.468 e. The lowest BCUT2D eigenvalue weighted by Gasteiger charge is -2.20. The van der Waals surface area contributed by atoms with Crippen LogP contribution >= 0.6 is 0 Å². The van der Waals surface area contributed by atoms with Gasteiger partial charge < -0.3 is 9.47 Å². The van der Waals surface area contributed by atoms with Crippen LogP contribution in [0.5, 0.6) is 0 Å². The number of ether oxygens (including phenoxy) is 2. The minimum Gasteiger partial charge on any atom is -0.468 e. The van der Waals surface area contributed by atoms with Crippen molar-refractivity contribution in [1.82, 2.24) is 0 Å². The molecule has 1 fully saturated rings. The van der Waals surface area contributed by atoms with E-state index in [2.05, 4.69) is 9.47 Å². The molecular formula is C13H18O5. The molecule has 0 unspecified atom stereocenters. The van der Waals surface area contributed by atoms with Crippen molar-refractivity contribution >= 4 is 17.7 Å². The number of rotatable bonds is 4. The number of carbonyl (C=O) groups is 3. The smallest absolute Gasteiger partial charge is 0.330 e. The normalized spacial score (nSPS) is 25.2. The predicted molar refractivity (Wildman–Crippen MR) is 63.6 cm³/mol. The summed E-state index contributed by atoms with van der Waals surface area (Å²) >= 11 is 0. The Morgan fingerprint density at radius 3 is 2.56 bits per heavy atom. The number of allylic oxidation sites excluding steroid dienone is 1. The average molecular weight is 254 g/mol. The quantitative estimate of drug-likeness (QED) is 0.427. The third-order valence-corrected chi connectivity index (χ3v) is 3.37. The fraction of sp³-hybridized carbons (Fsp3) is 0.615. The first kappa shape index (κ1) is 14.4. The summed E-state index contributed by atoms with van der Waals surface area (Å²) in [6.07, 6.45) is 4.03. The number of hydrogen-bond donors (Lipinski definition) is 0. The Balaban J connectivity index is 2.75. The van der Waals surface area contributed by atoms with Crippen LogP contribution in [0.25, 0.3) is 0 Å². The van der Waals surface area contributed by atoms with E-state index in [9.17, 15) is 14.4 Å². The number of carbonyl (C=O) groups excluding carboxylic acids is 3. The first-order valence-corrected chi connectivity index (χ1v) is 5.88. The van der Waals surface area contributed by atoms with E-state index in [4.69, 9.17) is 0 Å². The third kappa shape index (κ3) is 3.18. The number of Topliss-reactive ketones (excluding diaryl/α,β-unsaturated/α-hetero) is 1. The predicted octanol–water partition coefficient (Wildman–Crippen LogP) is 1.12. The van der Waals surface area contributed by atoms with Gasteiger partial charge in [0.05, 0.1) is 14.2 Å². The highest BCUT2D eigenvalue weighted by atomic mass is 16.5. The molecule has 0 radical (unpaired) electrons. The number of ketones is 1. The van der Waals surface area contributed by atoms with Gasteiger partial charge in [-0.15, -0.1) is 0 Å². The van der Waals surface area contributed by atoms with Crippen molar-refractivity contribution in [2.24, 2.45) is 17.8 Å². The summed E-state index contributed by atoms with van der Waals surface area (Å²) in [4.78, 5) is 34.2. The van der Waals surface area contributed by atoms with E-state index >= 15 is 0 Å². The Hall–Kier alpha value is -1.65. The molecule has 0 N–H and O–H groups in total. The Morgan fingerprint density at radius 2 is 2.00 bits per heavy atom. The summed E-state index contributed by atoms with van der Waals surface area (Å²) in [6.45, 7) is 1.87. The molecule has 3 atom stereocenters. The fourth-order valence-electron chi connectivity index (χ4n) is 2.31. The van der Waals surface area contributed by atoms with Gasteiger partial charge in [-0.3, -0.25) is 9.59 Å². The topological polar surface area (TPSA) is 69.7 Å². The van der Waals surface area contributed by atoms with Gasteiger partial charge in [-0.05, 0) is 18.3 Å². The van der Waals surface area contributed by atoms with Gasteiger partial charge >= 0.3 is 11.9 Å². The van der Waals surface area contributed by atoms with Crippen LogP contribution in [0.3, 0.4) is 0 Å². The van der Waals surface area contributed by atoms with Gasteiger partial charge in [-0.25, -0.2) is 4.79 Å². The summed E-state index contributed by atoms with van der Waals surface area (Å²) in [6, 6.07) is 0. The molecule has 0 aromatic carbocycles. The molecule has 0 amide bonds. The zero-order chi connectivity index (χ0) is 13.7. The Kier molecular flexibility index (Phi) is 5.07. The van der Waals surface area contributed by atoms with Gasteiger partial charge in [0.15, 0.2) is 0 Å². The van der Waals surface area contributed by atoms with E-state index in [0.717, 1.165) is 0 Å². The first-order valence-electron chi connectivity index (χ1n) is 5.88. The Bertz CT molecular complexity index is 372. The highest BCUT2D eigenvalue weighted by Crippen LogP contribution is 2.35. The monoisotopic (exact) mass is 254 g/mol. The van der Waals surface area contributed by atoms with E-state index in [1.54, 1.807) is 6.08 Å². The van der Waals surface area contributed by atoms with Gasteiger partial charge in [-0.1, -0.05) is 13.0 Å². The van der Waals surface area contributed by atoms with Crippen LogP contribution in [0.15, 0.2) is 12.2 Å². The molecule has 1 aliphatic carbocycles. The van der Waals surface area contributed by atoms with E-state index in [1.807, 2.05) is 6.92 Å². The van der Waals surface area contributed by atoms with Crippen LogP contribution in [-0.2, 0) is 23.9 Å². The van der Waals surface area contributed by atoms with Crippen LogP contribution in [0, 0.1) is 17.8 Å². The molecule has 0 bridgehead atoms. The van der Waals surface area contributed by atoms with E-state index in [1.165, 1.54) is 20.3 Å². The second-order valence-electron chi connectivity index (χ2n) is 4.41. The number of methoxy groups -OCH3 is 2. The van der Waals surface area contributed by atoms with Crippen molar-refractivity contribution in [2.45, 2.75) is 19.8 Å². The molecule has 0 heterocycles. The zero-order valence-corrected chi connectivity index (χ0v) is 10.8. The SMILES string of the molecule is COC(=O)/C=C/[C@H](C)[C@@H]1CCC(=O)[C@H]1C(=O)OC. The fourth-order valence-corrected chi connectivity index (χ4v) is 2.31. The van der Waals surface area contributed by atoms with Crippen molar-refractivity contribution in [3.63, 3.8) is 0 Å². The number of esters is 2. The van der Waals surface area contributed by atoms with Gasteiger partial charge in [0.25, 0.3) is 0 Å². The Labute approximate surface area is 106 Å². The minimum absolute atomic E-state index is 0.0559. The molecule has 0 aromatic rings. The average Bonchev–Trinajstić information content (AvgIpc) is 2.76. The van der Waals surface area contributed by atoms with E-state index in [0.29, 0.717) is 12.8 Å². The van der Waals surface area contributed by atoms with Crippen molar-refractivity contribution in [3.8, 4) is 0 Å². The van der Waals surface area contributed by atoms with Gasteiger partial charge in [-0.2, -0.15) is 0 Å². The van der Waals surface area contributed by atoms with Crippen molar-refractivity contribution in [3.05, 3.63) is 12.2 Å². The highest BCUT2D eigenvalue weighted by Gasteiger charge is 2.42. The van der Waals surface area contributed by atoms with Crippen molar-refractivity contribution < 1.29 is 23.9 Å². The third-order valence-electron chi connectivity index (χ3n) is 3.37. The molecule has 5 nitrogen and oxygen atoms in total. The maximum Gasteiger partial charge on any atom is 0.330 e. The molecule has 1 rings (SSSR count). The summed E-state index contributed by atoms with van der Waals surface area (Å²) in [7, 11) is 2.58. The zero-order valence-electron chi connectivity index (χ0n) is 10.8. The van der Waals surface area contributed by atoms with E-state index < -0.39 is 17.9 Å². The minimum atomic E-state index is -0.702. The molecule has 18 heavy (non-hydrogen) atoms.